The van der Waals surface area contributed by atoms with Gasteiger partial charge in [0.1, 0.15) is 0 Å². The van der Waals surface area contributed by atoms with Crippen LogP contribution in [-0.2, 0) is 15.9 Å². The summed E-state index contributed by atoms with van der Waals surface area (Å²) in [4.78, 5) is 14.4. The highest BCUT2D eigenvalue weighted by Crippen LogP contribution is 2.31. The summed E-state index contributed by atoms with van der Waals surface area (Å²) in [6, 6.07) is 6.33. The SMILES string of the molecule is CS(=N)(=O)c1cccc(NC(=O)c2nnc(C(F)(F)F)cc2N(CCCF)CCCCF)c1. The molecule has 0 saturated heterocycles. The van der Waals surface area contributed by atoms with Crippen molar-refractivity contribution in [2.24, 2.45) is 0 Å². The third kappa shape index (κ3) is 7.62. The number of halogens is 5. The van der Waals surface area contributed by atoms with Gasteiger partial charge in [-0.15, -0.1) is 10.2 Å². The van der Waals surface area contributed by atoms with Gasteiger partial charge in [0.2, 0.25) is 0 Å². The minimum Gasteiger partial charge on any atom is -0.369 e. The second-order valence-corrected chi connectivity index (χ2v) is 9.37. The second kappa shape index (κ2) is 11.3. The van der Waals surface area contributed by atoms with E-state index in [1.54, 1.807) is 0 Å². The van der Waals surface area contributed by atoms with Crippen molar-refractivity contribution in [2.75, 3.05) is 42.9 Å². The molecule has 0 aliphatic rings. The summed E-state index contributed by atoms with van der Waals surface area (Å²) in [5.74, 6) is -0.897. The summed E-state index contributed by atoms with van der Waals surface area (Å²) in [5, 5.41) is 9.06. The van der Waals surface area contributed by atoms with E-state index in [1.165, 1.54) is 35.4 Å². The van der Waals surface area contributed by atoms with Gasteiger partial charge < -0.3 is 10.2 Å². The predicted molar refractivity (Wildman–Crippen MR) is 114 cm³/mol. The van der Waals surface area contributed by atoms with E-state index in [9.17, 15) is 31.0 Å². The Labute approximate surface area is 188 Å². The van der Waals surface area contributed by atoms with Crippen LogP contribution in [0.5, 0.6) is 0 Å². The summed E-state index contributed by atoms with van der Waals surface area (Å²) >= 11 is 0. The molecule has 2 N–H and O–H groups in total. The lowest BCUT2D eigenvalue weighted by Crippen LogP contribution is -2.30. The highest BCUT2D eigenvalue weighted by molar-refractivity contribution is 7.91. The van der Waals surface area contributed by atoms with Gasteiger partial charge in [0.25, 0.3) is 5.91 Å². The Balaban J connectivity index is 2.46. The molecule has 1 unspecified atom stereocenters. The molecule has 0 aliphatic carbocycles. The normalized spacial score (nSPS) is 13.4. The van der Waals surface area contributed by atoms with Gasteiger partial charge in [-0.1, -0.05) is 6.07 Å². The first kappa shape index (κ1) is 26.4. The van der Waals surface area contributed by atoms with Crippen LogP contribution in [0.2, 0.25) is 0 Å². The van der Waals surface area contributed by atoms with Crippen molar-refractivity contribution in [3.63, 3.8) is 0 Å². The number of rotatable bonds is 11. The number of carbonyl (C=O) groups excluding carboxylic acids is 1. The van der Waals surface area contributed by atoms with Gasteiger partial charge in [0.15, 0.2) is 11.4 Å². The van der Waals surface area contributed by atoms with Crippen LogP contribution in [-0.4, -0.2) is 53.0 Å². The maximum atomic E-state index is 13.2. The summed E-state index contributed by atoms with van der Waals surface area (Å²) in [7, 11) is -3.07. The zero-order valence-electron chi connectivity index (χ0n) is 17.8. The number of nitrogens with one attached hydrogen (secondary N) is 2. The van der Waals surface area contributed by atoms with Crippen molar-refractivity contribution >= 4 is 27.0 Å². The molecule has 2 aromatic rings. The standard InChI is InChI=1S/C20H24F5N5O2S/c1-33(26,32)15-7-4-6-14(12-15)27-19(31)18-16(13-17(28-29-18)20(23,24)25)30(11-5-9-22)10-3-2-8-21/h4,6-7,12-13,26H,2-3,5,8-11H2,1H3,(H,27,31). The predicted octanol–water partition coefficient (Wildman–Crippen LogP) is 4.70. The summed E-state index contributed by atoms with van der Waals surface area (Å²) in [6.07, 6.45) is -3.23. The van der Waals surface area contributed by atoms with Crippen molar-refractivity contribution in [1.29, 1.82) is 4.78 Å². The van der Waals surface area contributed by atoms with Gasteiger partial charge in [-0.2, -0.15) is 13.2 Å². The molecule has 0 fully saturated rings. The molecule has 2 rings (SSSR count). The lowest BCUT2D eigenvalue weighted by molar-refractivity contribution is -0.141. The molecule has 7 nitrogen and oxygen atoms in total. The van der Waals surface area contributed by atoms with Crippen LogP contribution in [0.4, 0.5) is 33.3 Å². The maximum Gasteiger partial charge on any atom is 0.435 e. The fourth-order valence-electron chi connectivity index (χ4n) is 2.93. The lowest BCUT2D eigenvalue weighted by Gasteiger charge is -2.26. The van der Waals surface area contributed by atoms with Crippen LogP contribution in [0.3, 0.4) is 0 Å². The van der Waals surface area contributed by atoms with E-state index in [2.05, 4.69) is 15.5 Å². The van der Waals surface area contributed by atoms with Crippen LogP contribution in [0.25, 0.3) is 0 Å². The van der Waals surface area contributed by atoms with Crippen LogP contribution >= 0.6 is 0 Å². The molecule has 33 heavy (non-hydrogen) atoms. The number of anilines is 2. The van der Waals surface area contributed by atoms with Gasteiger partial charge in [-0.3, -0.25) is 13.6 Å². The number of alkyl halides is 5. The summed E-state index contributed by atoms with van der Waals surface area (Å²) in [5.41, 5.74) is -1.82. The van der Waals surface area contributed by atoms with Crippen molar-refractivity contribution < 1.29 is 31.0 Å². The van der Waals surface area contributed by atoms with Gasteiger partial charge in [0.05, 0.1) is 28.8 Å². The molecule has 1 amide bonds. The molecule has 1 aromatic heterocycles. The zero-order valence-corrected chi connectivity index (χ0v) is 18.6. The topological polar surface area (TPSA) is 99.0 Å². The molecule has 1 aromatic carbocycles. The Morgan fingerprint density at radius 2 is 1.76 bits per heavy atom. The van der Waals surface area contributed by atoms with E-state index in [-0.39, 0.29) is 48.6 Å². The molecule has 0 saturated carbocycles. The van der Waals surface area contributed by atoms with Crippen molar-refractivity contribution in [1.82, 2.24) is 10.2 Å². The molecule has 0 spiro atoms. The largest absolute Gasteiger partial charge is 0.435 e. The molecule has 182 valence electrons. The van der Waals surface area contributed by atoms with E-state index < -0.39 is 46.5 Å². The maximum absolute atomic E-state index is 13.2. The Hall–Kier alpha value is -2.83. The summed E-state index contributed by atoms with van der Waals surface area (Å²) in [6.45, 7) is -1.29. The van der Waals surface area contributed by atoms with E-state index in [0.717, 1.165) is 0 Å². The monoisotopic (exact) mass is 493 g/mol. The number of amides is 1. The molecule has 1 atom stereocenters. The van der Waals surface area contributed by atoms with E-state index >= 15 is 0 Å². The van der Waals surface area contributed by atoms with E-state index in [1.807, 2.05) is 0 Å². The first-order chi connectivity index (χ1) is 15.5. The first-order valence-corrected chi connectivity index (χ1v) is 11.9. The number of carbonyl (C=O) groups is 1. The Morgan fingerprint density at radius 1 is 1.09 bits per heavy atom. The minimum atomic E-state index is -4.83. The third-order valence-electron chi connectivity index (χ3n) is 4.53. The van der Waals surface area contributed by atoms with Gasteiger partial charge in [-0.05, 0) is 43.5 Å². The number of benzene rings is 1. The fourth-order valence-corrected chi connectivity index (χ4v) is 3.62. The molecular weight excluding hydrogens is 469 g/mol. The van der Waals surface area contributed by atoms with Gasteiger partial charge >= 0.3 is 6.18 Å². The van der Waals surface area contributed by atoms with Crippen molar-refractivity contribution in [2.45, 2.75) is 30.3 Å². The third-order valence-corrected chi connectivity index (χ3v) is 5.69. The van der Waals surface area contributed by atoms with Crippen LogP contribution in [0.1, 0.15) is 35.4 Å². The minimum absolute atomic E-state index is 0.0156. The van der Waals surface area contributed by atoms with E-state index in [4.69, 9.17) is 4.78 Å². The zero-order chi connectivity index (χ0) is 24.6. The number of nitrogens with zero attached hydrogens (tertiary/aromatic N) is 3. The number of hydrogen-bond donors (Lipinski definition) is 2. The quantitative estimate of drug-likeness (QED) is 0.349. The number of aromatic nitrogens is 2. The molecule has 0 radical (unpaired) electrons. The lowest BCUT2D eigenvalue weighted by atomic mass is 10.2. The second-order valence-electron chi connectivity index (χ2n) is 7.21. The first-order valence-electron chi connectivity index (χ1n) is 9.94. The molecular formula is C20H24F5N5O2S. The number of hydrogen-bond acceptors (Lipinski definition) is 6. The van der Waals surface area contributed by atoms with E-state index in [0.29, 0.717) is 6.07 Å². The Bertz CT molecular complexity index is 1060. The molecule has 13 heteroatoms. The fraction of sp³-hybridized carbons (Fsp3) is 0.450. The van der Waals surface area contributed by atoms with Crippen molar-refractivity contribution in [3.8, 4) is 0 Å². The van der Waals surface area contributed by atoms with Gasteiger partial charge in [-0.25, -0.2) is 8.99 Å². The smallest absolute Gasteiger partial charge is 0.369 e. The Morgan fingerprint density at radius 3 is 2.36 bits per heavy atom. The average Bonchev–Trinajstić information content (AvgIpc) is 2.74. The molecule has 1 heterocycles. The Kier molecular flexibility index (Phi) is 9.08. The van der Waals surface area contributed by atoms with Crippen LogP contribution in [0.15, 0.2) is 35.2 Å². The van der Waals surface area contributed by atoms with Crippen LogP contribution in [0, 0.1) is 4.78 Å². The molecule has 0 aliphatic heterocycles. The average molecular weight is 494 g/mol. The van der Waals surface area contributed by atoms with Gasteiger partial charge in [0, 0.05) is 29.9 Å². The number of unbranched alkanes of at least 4 members (excludes halogenated alkanes) is 1. The summed E-state index contributed by atoms with van der Waals surface area (Å²) < 4.78 is 84.7. The van der Waals surface area contributed by atoms with Crippen molar-refractivity contribution in [3.05, 3.63) is 41.7 Å². The van der Waals surface area contributed by atoms with Crippen LogP contribution < -0.4 is 10.2 Å². The molecule has 0 bridgehead atoms. The highest BCUT2D eigenvalue weighted by Gasteiger charge is 2.35. The highest BCUT2D eigenvalue weighted by atomic mass is 32.2.